The molecule has 2 rings (SSSR count). The molecule has 0 fully saturated rings. The largest absolute Gasteiger partial charge is 0.507 e. The van der Waals surface area contributed by atoms with Crippen LogP contribution in [0.25, 0.3) is 0 Å². The number of alkyl halides is 6. The van der Waals surface area contributed by atoms with Crippen molar-refractivity contribution in [1.29, 1.82) is 0 Å². The fourth-order valence-corrected chi connectivity index (χ4v) is 1.96. The molecule has 2 aromatic rings. The number of carbonyl (C=O) groups is 1. The van der Waals surface area contributed by atoms with Gasteiger partial charge in [-0.2, -0.15) is 26.3 Å². The zero-order valence-electron chi connectivity index (χ0n) is 12.0. The van der Waals surface area contributed by atoms with E-state index in [1.807, 2.05) is 0 Å². The molecule has 3 nitrogen and oxygen atoms in total. The maximum Gasteiger partial charge on any atom is 0.416 e. The van der Waals surface area contributed by atoms with Crippen LogP contribution in [0.5, 0.6) is 5.75 Å². The van der Waals surface area contributed by atoms with Gasteiger partial charge in [-0.15, -0.1) is 0 Å². The molecule has 0 saturated carbocycles. The van der Waals surface area contributed by atoms with Crippen LogP contribution >= 0.6 is 0 Å². The van der Waals surface area contributed by atoms with Gasteiger partial charge in [-0.3, -0.25) is 4.79 Å². The summed E-state index contributed by atoms with van der Waals surface area (Å²) in [6.45, 7) is 0. The van der Waals surface area contributed by atoms with Gasteiger partial charge in [0.1, 0.15) is 17.1 Å². The molecule has 0 heterocycles. The normalized spacial score (nSPS) is 12.1. The topological polar surface area (TPSA) is 49.3 Å². The standard InChI is InChI=1S/C15H8F7NO2/c16-10-2-1-3-11(24)12(10)13(25)23-9-5-7(14(17,18)19)4-8(6-9)15(20,21)22/h1-6,24H,(H,23,25). The van der Waals surface area contributed by atoms with Crippen molar-refractivity contribution in [2.75, 3.05) is 5.32 Å². The molecule has 1 amide bonds. The Morgan fingerprint density at radius 1 is 0.920 bits per heavy atom. The Kier molecular flexibility index (Phi) is 4.65. The van der Waals surface area contributed by atoms with Crippen LogP contribution in [0.4, 0.5) is 36.4 Å². The van der Waals surface area contributed by atoms with E-state index in [2.05, 4.69) is 0 Å². The lowest BCUT2D eigenvalue weighted by molar-refractivity contribution is -0.143. The first-order valence-electron chi connectivity index (χ1n) is 6.48. The van der Waals surface area contributed by atoms with Crippen LogP contribution < -0.4 is 5.32 Å². The van der Waals surface area contributed by atoms with Gasteiger partial charge in [0.05, 0.1) is 11.1 Å². The molecule has 0 radical (unpaired) electrons. The van der Waals surface area contributed by atoms with Crippen molar-refractivity contribution in [3.8, 4) is 5.75 Å². The highest BCUT2D eigenvalue weighted by atomic mass is 19.4. The third kappa shape index (κ3) is 4.20. The van der Waals surface area contributed by atoms with Crippen LogP contribution in [0.2, 0.25) is 0 Å². The number of benzene rings is 2. The van der Waals surface area contributed by atoms with Crippen molar-refractivity contribution in [3.63, 3.8) is 0 Å². The van der Waals surface area contributed by atoms with Crippen LogP contribution in [0.3, 0.4) is 0 Å². The van der Waals surface area contributed by atoms with Gasteiger partial charge in [0.15, 0.2) is 0 Å². The van der Waals surface area contributed by atoms with Gasteiger partial charge >= 0.3 is 12.4 Å². The molecular weight excluding hydrogens is 359 g/mol. The number of phenols is 1. The van der Waals surface area contributed by atoms with Crippen molar-refractivity contribution < 1.29 is 40.6 Å². The number of anilines is 1. The summed E-state index contributed by atoms with van der Waals surface area (Å²) in [5, 5.41) is 11.2. The van der Waals surface area contributed by atoms with E-state index < -0.39 is 52.2 Å². The minimum Gasteiger partial charge on any atom is -0.507 e. The van der Waals surface area contributed by atoms with Gasteiger partial charge < -0.3 is 10.4 Å². The molecule has 0 aliphatic carbocycles. The van der Waals surface area contributed by atoms with Gasteiger partial charge in [-0.05, 0) is 30.3 Å². The number of phenolic OH excluding ortho intramolecular Hbond substituents is 1. The van der Waals surface area contributed by atoms with Crippen molar-refractivity contribution in [2.24, 2.45) is 0 Å². The lowest BCUT2D eigenvalue weighted by Gasteiger charge is -2.15. The number of amides is 1. The molecule has 2 N–H and O–H groups in total. The molecule has 0 atom stereocenters. The van der Waals surface area contributed by atoms with E-state index in [4.69, 9.17) is 0 Å². The third-order valence-corrected chi connectivity index (χ3v) is 3.06. The van der Waals surface area contributed by atoms with E-state index in [-0.39, 0.29) is 18.2 Å². The molecule has 2 aromatic carbocycles. The zero-order valence-corrected chi connectivity index (χ0v) is 12.0. The highest BCUT2D eigenvalue weighted by molar-refractivity contribution is 6.06. The summed E-state index contributed by atoms with van der Waals surface area (Å²) in [7, 11) is 0. The van der Waals surface area contributed by atoms with Crippen molar-refractivity contribution in [2.45, 2.75) is 12.4 Å². The molecule has 0 aromatic heterocycles. The summed E-state index contributed by atoms with van der Waals surface area (Å²) in [5.41, 5.74) is -5.05. The lowest BCUT2D eigenvalue weighted by atomic mass is 10.1. The minimum atomic E-state index is -5.10. The third-order valence-electron chi connectivity index (χ3n) is 3.06. The molecule has 0 unspecified atom stereocenters. The fraction of sp³-hybridized carbons (Fsp3) is 0.133. The lowest BCUT2D eigenvalue weighted by Crippen LogP contribution is -2.17. The summed E-state index contributed by atoms with van der Waals surface area (Å²) in [5.74, 6) is -3.41. The van der Waals surface area contributed by atoms with E-state index in [1.165, 1.54) is 0 Å². The Bertz CT molecular complexity index is 760. The fourth-order valence-electron chi connectivity index (χ4n) is 1.96. The first-order valence-corrected chi connectivity index (χ1v) is 6.48. The van der Waals surface area contributed by atoms with Gasteiger partial charge in [-0.1, -0.05) is 6.07 Å². The summed E-state index contributed by atoms with van der Waals surface area (Å²) in [4.78, 5) is 11.9. The van der Waals surface area contributed by atoms with E-state index in [1.54, 1.807) is 5.32 Å². The van der Waals surface area contributed by atoms with Crippen molar-refractivity contribution >= 4 is 11.6 Å². The molecule has 25 heavy (non-hydrogen) atoms. The minimum absolute atomic E-state index is 0.115. The zero-order chi connectivity index (χ0) is 19.0. The number of hydrogen-bond donors (Lipinski definition) is 2. The summed E-state index contributed by atoms with van der Waals surface area (Å²) in [6, 6.07) is 3.22. The second-order valence-corrected chi connectivity index (χ2v) is 4.88. The molecule has 0 aliphatic heterocycles. The molecule has 10 heteroatoms. The van der Waals surface area contributed by atoms with Crippen LogP contribution in [0.1, 0.15) is 21.5 Å². The molecule has 0 saturated heterocycles. The van der Waals surface area contributed by atoms with Crippen LogP contribution in [0, 0.1) is 5.82 Å². The predicted molar refractivity (Wildman–Crippen MR) is 72.5 cm³/mol. The first kappa shape index (κ1) is 18.6. The maximum atomic E-state index is 13.6. The molecule has 134 valence electrons. The van der Waals surface area contributed by atoms with Crippen LogP contribution in [-0.2, 0) is 12.4 Å². The first-order chi connectivity index (χ1) is 11.4. The average molecular weight is 367 g/mol. The van der Waals surface area contributed by atoms with Crippen molar-refractivity contribution in [3.05, 3.63) is 58.9 Å². The molecule has 0 aliphatic rings. The summed E-state index contributed by atoms with van der Waals surface area (Å²) < 4.78 is 90.0. The predicted octanol–water partition coefficient (Wildman–Crippen LogP) is 4.82. The van der Waals surface area contributed by atoms with Crippen LogP contribution in [-0.4, -0.2) is 11.0 Å². The Balaban J connectivity index is 2.47. The Hall–Kier alpha value is -2.78. The number of aromatic hydroxyl groups is 1. The number of hydrogen-bond acceptors (Lipinski definition) is 2. The number of rotatable bonds is 2. The number of nitrogens with one attached hydrogen (secondary N) is 1. The number of carbonyl (C=O) groups excluding carboxylic acids is 1. The van der Waals surface area contributed by atoms with Gasteiger partial charge in [-0.25, -0.2) is 4.39 Å². The highest BCUT2D eigenvalue weighted by Gasteiger charge is 2.37. The highest BCUT2D eigenvalue weighted by Crippen LogP contribution is 2.37. The molecule has 0 spiro atoms. The van der Waals surface area contributed by atoms with Crippen molar-refractivity contribution in [1.82, 2.24) is 0 Å². The quantitative estimate of drug-likeness (QED) is 0.748. The summed E-state index contributed by atoms with van der Waals surface area (Å²) >= 11 is 0. The Morgan fingerprint density at radius 3 is 1.88 bits per heavy atom. The average Bonchev–Trinajstić information content (AvgIpc) is 2.44. The van der Waals surface area contributed by atoms with E-state index in [0.717, 1.165) is 18.2 Å². The smallest absolute Gasteiger partial charge is 0.416 e. The van der Waals surface area contributed by atoms with E-state index in [9.17, 15) is 40.6 Å². The second kappa shape index (κ2) is 6.26. The van der Waals surface area contributed by atoms with E-state index >= 15 is 0 Å². The van der Waals surface area contributed by atoms with Crippen LogP contribution in [0.15, 0.2) is 36.4 Å². The van der Waals surface area contributed by atoms with E-state index in [0.29, 0.717) is 0 Å². The SMILES string of the molecule is O=C(Nc1cc(C(F)(F)F)cc(C(F)(F)F)c1)c1c(O)cccc1F. The van der Waals surface area contributed by atoms with Gasteiger partial charge in [0.2, 0.25) is 0 Å². The summed E-state index contributed by atoms with van der Waals surface area (Å²) in [6.07, 6.45) is -10.2. The maximum absolute atomic E-state index is 13.6. The monoisotopic (exact) mass is 367 g/mol. The molecule has 0 bridgehead atoms. The number of halogens is 7. The Labute approximate surface area is 135 Å². The molecular formula is C15H8F7NO2. The van der Waals surface area contributed by atoms with Gasteiger partial charge in [0.25, 0.3) is 5.91 Å². The second-order valence-electron chi connectivity index (χ2n) is 4.88. The Morgan fingerprint density at radius 2 is 1.44 bits per heavy atom. The van der Waals surface area contributed by atoms with Gasteiger partial charge in [0, 0.05) is 5.69 Å².